The molecule has 1 aliphatic carbocycles. The summed E-state index contributed by atoms with van der Waals surface area (Å²) < 4.78 is 5.70. The minimum absolute atomic E-state index is 0.226. The lowest BCUT2D eigenvalue weighted by Gasteiger charge is -2.31. The van der Waals surface area contributed by atoms with Gasteiger partial charge in [0.05, 0.1) is 0 Å². The largest absolute Gasteiger partial charge is 0.443 e. The molecule has 1 atom stereocenters. The van der Waals surface area contributed by atoms with Crippen molar-refractivity contribution in [1.29, 1.82) is 0 Å². The predicted molar refractivity (Wildman–Crippen MR) is 104 cm³/mol. The number of anilines is 1. The second-order valence-electron chi connectivity index (χ2n) is 8.55. The van der Waals surface area contributed by atoms with Crippen molar-refractivity contribution in [3.63, 3.8) is 0 Å². The predicted octanol–water partition coefficient (Wildman–Crippen LogP) is 4.92. The molecule has 1 aromatic rings. The van der Waals surface area contributed by atoms with Gasteiger partial charge in [0.2, 0.25) is 0 Å². The van der Waals surface area contributed by atoms with Crippen LogP contribution in [-0.2, 0) is 4.74 Å². The molecule has 1 aliphatic heterocycles. The number of carbonyl (C=O) groups is 1. The second kappa shape index (κ2) is 7.95. The molecule has 1 saturated carbocycles. The maximum Gasteiger partial charge on any atom is 0.416 e. The monoisotopic (exact) mass is 359 g/mol. The maximum atomic E-state index is 12.9. The first-order valence-electron chi connectivity index (χ1n) is 10.1. The number of ether oxygens (including phenoxy) is 1. The standard InChI is InChI=1S/C21H33N3O2/c1-5-6-14-23-15-8-10-18(23)17-9-7-13-22-19(17)24(16-11-12-16)20(25)26-21(2,3)4/h7,9,13,16,18H,5-6,8,10-12,14-15H2,1-4H3/t18-/m1/s1. The summed E-state index contributed by atoms with van der Waals surface area (Å²) in [6.45, 7) is 10.2. The number of unbranched alkanes of at least 4 members (excludes halogenated alkanes) is 1. The third-order valence-corrected chi connectivity index (χ3v) is 5.07. The summed E-state index contributed by atoms with van der Waals surface area (Å²) in [5.41, 5.74) is 0.679. The van der Waals surface area contributed by atoms with Crippen LogP contribution in [0.2, 0.25) is 0 Å². The van der Waals surface area contributed by atoms with Gasteiger partial charge in [0, 0.05) is 23.8 Å². The highest BCUT2D eigenvalue weighted by Gasteiger charge is 2.40. The fraction of sp³-hybridized carbons (Fsp3) is 0.714. The van der Waals surface area contributed by atoms with E-state index in [1.165, 1.54) is 24.8 Å². The number of aromatic nitrogens is 1. The first kappa shape index (κ1) is 19.2. The fourth-order valence-corrected chi connectivity index (χ4v) is 3.73. The van der Waals surface area contributed by atoms with E-state index in [9.17, 15) is 4.79 Å². The molecule has 1 amide bonds. The molecule has 0 spiro atoms. The summed E-state index contributed by atoms with van der Waals surface area (Å²) in [6.07, 6.45) is 8.34. The van der Waals surface area contributed by atoms with Gasteiger partial charge in [-0.25, -0.2) is 9.78 Å². The number of hydrogen-bond donors (Lipinski definition) is 0. The van der Waals surface area contributed by atoms with Crippen LogP contribution in [0.5, 0.6) is 0 Å². The smallest absolute Gasteiger partial charge is 0.416 e. The summed E-state index contributed by atoms with van der Waals surface area (Å²) in [7, 11) is 0. The molecule has 1 aromatic heterocycles. The number of carbonyl (C=O) groups excluding carboxylic acids is 1. The molecule has 26 heavy (non-hydrogen) atoms. The normalized spacial score (nSPS) is 21.0. The van der Waals surface area contributed by atoms with Crippen LogP contribution in [0.4, 0.5) is 10.6 Å². The van der Waals surface area contributed by atoms with Crippen LogP contribution in [0.3, 0.4) is 0 Å². The first-order chi connectivity index (χ1) is 12.4. The van der Waals surface area contributed by atoms with Gasteiger partial charge >= 0.3 is 6.09 Å². The first-order valence-corrected chi connectivity index (χ1v) is 10.1. The van der Waals surface area contributed by atoms with E-state index in [1.54, 1.807) is 6.20 Å². The molecule has 0 aromatic carbocycles. The van der Waals surface area contributed by atoms with Gasteiger partial charge in [-0.15, -0.1) is 0 Å². The molecule has 0 radical (unpaired) electrons. The van der Waals surface area contributed by atoms with Gasteiger partial charge in [-0.1, -0.05) is 19.4 Å². The number of likely N-dealkylation sites (tertiary alicyclic amines) is 1. The minimum atomic E-state index is -0.500. The van der Waals surface area contributed by atoms with E-state index >= 15 is 0 Å². The quantitative estimate of drug-likeness (QED) is 0.723. The number of nitrogens with zero attached hydrogens (tertiary/aromatic N) is 3. The summed E-state index contributed by atoms with van der Waals surface area (Å²) in [5, 5.41) is 0. The van der Waals surface area contributed by atoms with Crippen molar-refractivity contribution in [3.8, 4) is 0 Å². The molecule has 5 heteroatoms. The third-order valence-electron chi connectivity index (χ3n) is 5.07. The van der Waals surface area contributed by atoms with Gasteiger partial charge in [-0.05, 0) is 72.0 Å². The Hall–Kier alpha value is -1.62. The van der Waals surface area contributed by atoms with E-state index < -0.39 is 5.60 Å². The number of rotatable bonds is 6. The Bertz CT molecular complexity index is 622. The zero-order chi connectivity index (χ0) is 18.7. The van der Waals surface area contributed by atoms with Gasteiger partial charge in [0.15, 0.2) is 0 Å². The lowest BCUT2D eigenvalue weighted by Crippen LogP contribution is -2.40. The van der Waals surface area contributed by atoms with Crippen LogP contribution in [-0.4, -0.2) is 40.7 Å². The summed E-state index contributed by atoms with van der Waals surface area (Å²) in [4.78, 5) is 21.9. The molecule has 2 heterocycles. The van der Waals surface area contributed by atoms with Crippen molar-refractivity contribution >= 4 is 11.9 Å². The van der Waals surface area contributed by atoms with Gasteiger partial charge < -0.3 is 4.74 Å². The zero-order valence-corrected chi connectivity index (χ0v) is 16.7. The molecule has 1 saturated heterocycles. The highest BCUT2D eigenvalue weighted by molar-refractivity contribution is 5.89. The molecular weight excluding hydrogens is 326 g/mol. The van der Waals surface area contributed by atoms with Crippen LogP contribution in [0.1, 0.15) is 77.8 Å². The van der Waals surface area contributed by atoms with Crippen molar-refractivity contribution in [3.05, 3.63) is 23.9 Å². The molecule has 2 aliphatic rings. The van der Waals surface area contributed by atoms with E-state index in [2.05, 4.69) is 22.9 Å². The minimum Gasteiger partial charge on any atom is -0.443 e. The average molecular weight is 360 g/mol. The Labute approximate surface area is 157 Å². The topological polar surface area (TPSA) is 45.7 Å². The van der Waals surface area contributed by atoms with Gasteiger partial charge in [0.25, 0.3) is 0 Å². The van der Waals surface area contributed by atoms with E-state index in [0.29, 0.717) is 6.04 Å². The molecule has 2 fully saturated rings. The Morgan fingerprint density at radius 3 is 2.77 bits per heavy atom. The summed E-state index contributed by atoms with van der Waals surface area (Å²) in [6, 6.07) is 4.73. The Kier molecular flexibility index (Phi) is 5.86. The maximum absolute atomic E-state index is 12.9. The van der Waals surface area contributed by atoms with E-state index in [4.69, 9.17) is 4.74 Å². The molecule has 3 rings (SSSR count). The van der Waals surface area contributed by atoms with Crippen molar-refractivity contribution in [2.24, 2.45) is 0 Å². The Morgan fingerprint density at radius 1 is 1.35 bits per heavy atom. The summed E-state index contributed by atoms with van der Waals surface area (Å²) in [5.74, 6) is 0.803. The molecule has 144 valence electrons. The molecule has 5 nitrogen and oxygen atoms in total. The van der Waals surface area contributed by atoms with Crippen LogP contribution >= 0.6 is 0 Å². The van der Waals surface area contributed by atoms with Crippen LogP contribution in [0.25, 0.3) is 0 Å². The zero-order valence-electron chi connectivity index (χ0n) is 16.7. The number of pyridine rings is 1. The molecular formula is C21H33N3O2. The lowest BCUT2D eigenvalue weighted by molar-refractivity contribution is 0.0576. The van der Waals surface area contributed by atoms with Crippen LogP contribution < -0.4 is 4.90 Å². The second-order valence-corrected chi connectivity index (χ2v) is 8.55. The number of amides is 1. The van der Waals surface area contributed by atoms with Crippen molar-refractivity contribution in [2.45, 2.75) is 83.9 Å². The van der Waals surface area contributed by atoms with Gasteiger partial charge in [-0.2, -0.15) is 0 Å². The van der Waals surface area contributed by atoms with Crippen LogP contribution in [0, 0.1) is 0 Å². The molecule has 0 unspecified atom stereocenters. The Morgan fingerprint density at radius 2 is 2.12 bits per heavy atom. The van der Waals surface area contributed by atoms with E-state index in [-0.39, 0.29) is 12.1 Å². The van der Waals surface area contributed by atoms with Crippen molar-refractivity contribution in [1.82, 2.24) is 9.88 Å². The molecule has 0 bridgehead atoms. The van der Waals surface area contributed by atoms with Crippen LogP contribution in [0.15, 0.2) is 18.3 Å². The summed E-state index contributed by atoms with van der Waals surface area (Å²) >= 11 is 0. The SMILES string of the molecule is CCCCN1CCC[C@@H]1c1cccnc1N(C(=O)OC(C)(C)C)C1CC1. The van der Waals surface area contributed by atoms with Crippen molar-refractivity contribution < 1.29 is 9.53 Å². The van der Waals surface area contributed by atoms with Crippen molar-refractivity contribution in [2.75, 3.05) is 18.0 Å². The average Bonchev–Trinajstić information content (AvgIpc) is 3.29. The molecule has 0 N–H and O–H groups in total. The third kappa shape index (κ3) is 4.56. The highest BCUT2D eigenvalue weighted by atomic mass is 16.6. The lowest BCUT2D eigenvalue weighted by atomic mass is 10.0. The van der Waals surface area contributed by atoms with E-state index in [0.717, 1.165) is 38.2 Å². The van der Waals surface area contributed by atoms with Gasteiger partial charge in [-0.3, -0.25) is 9.80 Å². The van der Waals surface area contributed by atoms with Gasteiger partial charge in [0.1, 0.15) is 11.4 Å². The number of hydrogen-bond acceptors (Lipinski definition) is 4. The Balaban J connectivity index is 1.88. The highest BCUT2D eigenvalue weighted by Crippen LogP contribution is 2.40. The fourth-order valence-electron chi connectivity index (χ4n) is 3.73. The van der Waals surface area contributed by atoms with E-state index in [1.807, 2.05) is 31.7 Å².